The Morgan fingerprint density at radius 1 is 1.48 bits per heavy atom. The molecule has 3 rings (SSSR count). The molecular formula is C14H21Cl2FN2O2. The summed E-state index contributed by atoms with van der Waals surface area (Å²) in [6.45, 7) is 3.12. The molecule has 2 atom stereocenters. The van der Waals surface area contributed by atoms with E-state index in [0.29, 0.717) is 6.61 Å². The Hall–Kier alpha value is -0.620. The summed E-state index contributed by atoms with van der Waals surface area (Å²) in [5.41, 5.74) is -0.0412. The van der Waals surface area contributed by atoms with Crippen LogP contribution in [0.15, 0.2) is 18.3 Å². The molecule has 0 saturated carbocycles. The van der Waals surface area contributed by atoms with Gasteiger partial charge in [-0.15, -0.1) is 24.8 Å². The van der Waals surface area contributed by atoms with E-state index in [4.69, 9.17) is 9.47 Å². The summed E-state index contributed by atoms with van der Waals surface area (Å²) in [5, 5.41) is 3.40. The van der Waals surface area contributed by atoms with Crippen LogP contribution in [0.5, 0.6) is 5.88 Å². The lowest BCUT2D eigenvalue weighted by Crippen LogP contribution is -2.56. The number of rotatable bonds is 3. The van der Waals surface area contributed by atoms with Gasteiger partial charge in [0.15, 0.2) is 5.82 Å². The summed E-state index contributed by atoms with van der Waals surface area (Å²) in [7, 11) is 0. The van der Waals surface area contributed by atoms with E-state index in [9.17, 15) is 4.39 Å². The van der Waals surface area contributed by atoms with Gasteiger partial charge in [0.2, 0.25) is 5.88 Å². The second-order valence-corrected chi connectivity index (χ2v) is 5.37. The van der Waals surface area contributed by atoms with Gasteiger partial charge in [-0.3, -0.25) is 0 Å². The average molecular weight is 339 g/mol. The van der Waals surface area contributed by atoms with E-state index in [1.54, 1.807) is 12.3 Å². The highest BCUT2D eigenvalue weighted by molar-refractivity contribution is 5.85. The molecule has 4 nitrogen and oxygen atoms in total. The van der Waals surface area contributed by atoms with Crippen LogP contribution in [0.3, 0.4) is 0 Å². The molecule has 0 aromatic carbocycles. The van der Waals surface area contributed by atoms with Gasteiger partial charge in [-0.1, -0.05) is 0 Å². The van der Waals surface area contributed by atoms with Gasteiger partial charge in [-0.05, 0) is 37.9 Å². The second kappa shape index (κ2) is 8.13. The van der Waals surface area contributed by atoms with Gasteiger partial charge in [-0.2, -0.15) is 0 Å². The maximum atomic E-state index is 13.5. The number of nitrogens with one attached hydrogen (secondary N) is 1. The quantitative estimate of drug-likeness (QED) is 0.919. The summed E-state index contributed by atoms with van der Waals surface area (Å²) in [6.07, 6.45) is 4.85. The van der Waals surface area contributed by atoms with E-state index < -0.39 is 5.82 Å². The molecule has 2 saturated heterocycles. The van der Waals surface area contributed by atoms with Crippen LogP contribution in [0, 0.1) is 11.2 Å². The van der Waals surface area contributed by atoms with Crippen LogP contribution in [0.2, 0.25) is 0 Å². The number of fused-ring (bicyclic) bond motifs is 1. The Kier molecular flexibility index (Phi) is 7.13. The van der Waals surface area contributed by atoms with Crippen molar-refractivity contribution in [3.05, 3.63) is 24.1 Å². The Balaban J connectivity index is 0.00000110. The molecule has 2 aliphatic heterocycles. The Bertz CT molecular complexity index is 439. The largest absolute Gasteiger partial charge is 0.475 e. The van der Waals surface area contributed by atoms with Gasteiger partial charge in [0, 0.05) is 24.8 Å². The number of ether oxygens (including phenoxy) is 2. The number of hydrogen-bond donors (Lipinski definition) is 1. The van der Waals surface area contributed by atoms with Crippen LogP contribution >= 0.6 is 24.8 Å². The number of pyridine rings is 1. The minimum Gasteiger partial charge on any atom is -0.475 e. The minimum atomic E-state index is -0.407. The van der Waals surface area contributed by atoms with Crippen LogP contribution < -0.4 is 10.1 Å². The topological polar surface area (TPSA) is 43.4 Å². The van der Waals surface area contributed by atoms with Crippen molar-refractivity contribution < 1.29 is 13.9 Å². The van der Waals surface area contributed by atoms with Crippen LogP contribution in [-0.2, 0) is 4.74 Å². The number of hydrogen-bond acceptors (Lipinski definition) is 4. The van der Waals surface area contributed by atoms with Gasteiger partial charge < -0.3 is 14.8 Å². The van der Waals surface area contributed by atoms with E-state index in [-0.39, 0.29) is 42.2 Å². The first-order valence-corrected chi connectivity index (χ1v) is 6.86. The molecule has 120 valence electrons. The Labute approximate surface area is 136 Å². The van der Waals surface area contributed by atoms with Gasteiger partial charge >= 0.3 is 0 Å². The summed E-state index contributed by atoms with van der Waals surface area (Å²) in [5.74, 6) is -0.317. The molecule has 2 aliphatic rings. The molecule has 3 heterocycles. The molecule has 0 bridgehead atoms. The molecule has 2 unspecified atom stereocenters. The van der Waals surface area contributed by atoms with Gasteiger partial charge in [-0.25, -0.2) is 9.37 Å². The van der Waals surface area contributed by atoms with E-state index in [1.165, 1.54) is 6.07 Å². The maximum absolute atomic E-state index is 13.5. The van der Waals surface area contributed by atoms with Gasteiger partial charge in [0.25, 0.3) is 0 Å². The van der Waals surface area contributed by atoms with E-state index >= 15 is 0 Å². The van der Waals surface area contributed by atoms with Crippen molar-refractivity contribution in [2.75, 3.05) is 26.3 Å². The molecule has 0 amide bonds. The maximum Gasteiger partial charge on any atom is 0.250 e. The summed E-state index contributed by atoms with van der Waals surface area (Å²) in [4.78, 5) is 3.94. The summed E-state index contributed by atoms with van der Waals surface area (Å²) >= 11 is 0. The zero-order chi connectivity index (χ0) is 13.1. The molecule has 7 heteroatoms. The third-order valence-electron chi connectivity index (χ3n) is 4.10. The molecule has 0 radical (unpaired) electrons. The fourth-order valence-corrected chi connectivity index (χ4v) is 3.06. The zero-order valence-corrected chi connectivity index (χ0v) is 13.4. The minimum absolute atomic E-state index is 0. The first-order valence-electron chi connectivity index (χ1n) is 6.86. The number of nitrogens with zero attached hydrogens (tertiary/aromatic N) is 1. The summed E-state index contributed by atoms with van der Waals surface area (Å²) in [6, 6.07) is 2.93. The predicted molar refractivity (Wildman–Crippen MR) is 83.1 cm³/mol. The van der Waals surface area contributed by atoms with Gasteiger partial charge in [0.1, 0.15) is 0 Å². The Morgan fingerprint density at radius 2 is 2.33 bits per heavy atom. The summed E-state index contributed by atoms with van der Waals surface area (Å²) < 4.78 is 25.0. The number of piperidine rings is 1. The molecule has 1 N–H and O–H groups in total. The van der Waals surface area contributed by atoms with Crippen molar-refractivity contribution in [3.63, 3.8) is 0 Å². The average Bonchev–Trinajstić information content (AvgIpc) is 2.46. The van der Waals surface area contributed by atoms with Crippen molar-refractivity contribution in [3.8, 4) is 5.88 Å². The van der Waals surface area contributed by atoms with Crippen LogP contribution in [0.25, 0.3) is 0 Å². The molecule has 21 heavy (non-hydrogen) atoms. The predicted octanol–water partition coefficient (Wildman–Crippen LogP) is 2.60. The number of aromatic nitrogens is 1. The smallest absolute Gasteiger partial charge is 0.250 e. The molecule has 1 aromatic heterocycles. The molecule has 0 spiro atoms. The molecule has 1 aromatic rings. The fraction of sp³-hybridized carbons (Fsp3) is 0.643. The van der Waals surface area contributed by atoms with Gasteiger partial charge in [0.05, 0.1) is 12.7 Å². The van der Waals surface area contributed by atoms with Crippen molar-refractivity contribution in [2.24, 2.45) is 5.41 Å². The highest BCUT2D eigenvalue weighted by atomic mass is 35.5. The normalized spacial score (nSPS) is 27.8. The fourth-order valence-electron chi connectivity index (χ4n) is 3.06. The molecular weight excluding hydrogens is 318 g/mol. The van der Waals surface area contributed by atoms with Crippen molar-refractivity contribution in [1.29, 1.82) is 0 Å². The highest BCUT2D eigenvalue weighted by Gasteiger charge is 2.44. The Morgan fingerprint density at radius 3 is 3.14 bits per heavy atom. The first kappa shape index (κ1) is 18.4. The standard InChI is InChI=1S/C14H19FN2O2.2ClH/c15-11-3-1-6-17-13(11)19-10-14-5-2-8-18-12(14)4-7-16-9-14;;/h1,3,6,12,16H,2,4-5,7-10H2;2*1H. The SMILES string of the molecule is Cl.Cl.Fc1cccnc1OCC12CCCOC1CCNC2. The first-order chi connectivity index (χ1) is 9.30. The van der Waals surface area contributed by atoms with Crippen LogP contribution in [0.4, 0.5) is 4.39 Å². The van der Waals surface area contributed by atoms with E-state index in [1.807, 2.05) is 0 Å². The molecule has 2 fully saturated rings. The second-order valence-electron chi connectivity index (χ2n) is 5.37. The zero-order valence-electron chi connectivity index (χ0n) is 11.7. The van der Waals surface area contributed by atoms with Crippen LogP contribution in [0.1, 0.15) is 19.3 Å². The lowest BCUT2D eigenvalue weighted by atomic mass is 9.73. The lowest BCUT2D eigenvalue weighted by molar-refractivity contribution is -0.116. The molecule has 0 aliphatic carbocycles. The highest BCUT2D eigenvalue weighted by Crippen LogP contribution is 2.38. The van der Waals surface area contributed by atoms with E-state index in [2.05, 4.69) is 10.3 Å². The van der Waals surface area contributed by atoms with Crippen LogP contribution in [-0.4, -0.2) is 37.4 Å². The van der Waals surface area contributed by atoms with Crippen molar-refractivity contribution >= 4 is 24.8 Å². The number of halogens is 3. The van der Waals surface area contributed by atoms with Crippen molar-refractivity contribution in [1.82, 2.24) is 10.3 Å². The third-order valence-corrected chi connectivity index (χ3v) is 4.10. The monoisotopic (exact) mass is 338 g/mol. The van der Waals surface area contributed by atoms with E-state index in [0.717, 1.165) is 39.0 Å². The lowest BCUT2D eigenvalue weighted by Gasteiger charge is -2.46. The van der Waals surface area contributed by atoms with Crippen molar-refractivity contribution in [2.45, 2.75) is 25.4 Å². The third kappa shape index (κ3) is 3.97.